The summed E-state index contributed by atoms with van der Waals surface area (Å²) in [5, 5.41) is 0. The summed E-state index contributed by atoms with van der Waals surface area (Å²) in [7, 11) is 0. The van der Waals surface area contributed by atoms with Crippen molar-refractivity contribution in [3.05, 3.63) is 101 Å². The predicted octanol–water partition coefficient (Wildman–Crippen LogP) is 5.59. The molecule has 4 rings (SSSR count). The van der Waals surface area contributed by atoms with Gasteiger partial charge >= 0.3 is 0 Å². The summed E-state index contributed by atoms with van der Waals surface area (Å²) >= 11 is 0. The lowest BCUT2D eigenvalue weighted by atomic mass is 10.0. The zero-order chi connectivity index (χ0) is 24.2. The molecule has 0 saturated heterocycles. The lowest BCUT2D eigenvalue weighted by Crippen LogP contribution is -2.35. The first-order valence-corrected chi connectivity index (χ1v) is 11.6. The van der Waals surface area contributed by atoms with Crippen molar-refractivity contribution in [2.24, 2.45) is 0 Å². The maximum absolute atomic E-state index is 13.8. The minimum Gasteiger partial charge on any atom is -0.491 e. The van der Waals surface area contributed by atoms with Gasteiger partial charge in [0.2, 0.25) is 0 Å². The molecule has 0 N–H and O–H groups in total. The minimum absolute atomic E-state index is 0.0494. The Kier molecular flexibility index (Phi) is 6.82. The molecule has 3 aromatic carbocycles. The molecule has 0 fully saturated rings. The van der Waals surface area contributed by atoms with Gasteiger partial charge in [0, 0.05) is 13.1 Å². The molecular formula is C29H30N2O3. The Morgan fingerprint density at radius 1 is 0.853 bits per heavy atom. The zero-order valence-electron chi connectivity index (χ0n) is 20.1. The number of likely N-dealkylation sites (N-methyl/N-ethyl adjacent to an activating group) is 1. The monoisotopic (exact) mass is 454 g/mol. The second kappa shape index (κ2) is 9.96. The number of hydrogen-bond acceptors (Lipinski definition) is 4. The summed E-state index contributed by atoms with van der Waals surface area (Å²) in [5.74, 6) is 0.123. The van der Waals surface area contributed by atoms with Gasteiger partial charge in [0.05, 0.1) is 17.4 Å². The first-order chi connectivity index (χ1) is 16.4. The lowest BCUT2D eigenvalue weighted by molar-refractivity contribution is -0.120. The Balaban J connectivity index is 1.81. The summed E-state index contributed by atoms with van der Waals surface area (Å²) in [6.45, 7) is 8.97. The summed E-state index contributed by atoms with van der Waals surface area (Å²) in [6.07, 6.45) is 0.0494. The van der Waals surface area contributed by atoms with Crippen LogP contribution in [0, 0.1) is 6.92 Å². The second-order valence-corrected chi connectivity index (χ2v) is 8.65. The molecule has 3 aromatic rings. The van der Waals surface area contributed by atoms with Crippen LogP contribution in [-0.4, -0.2) is 29.4 Å². The van der Waals surface area contributed by atoms with Crippen LogP contribution in [0.5, 0.6) is 5.75 Å². The van der Waals surface area contributed by atoms with Crippen molar-refractivity contribution in [1.82, 2.24) is 4.90 Å². The van der Waals surface area contributed by atoms with Crippen LogP contribution < -0.4 is 9.64 Å². The van der Waals surface area contributed by atoms with Crippen LogP contribution in [-0.2, 0) is 16.1 Å². The van der Waals surface area contributed by atoms with E-state index in [1.165, 1.54) is 4.90 Å². The van der Waals surface area contributed by atoms with Gasteiger partial charge in [-0.15, -0.1) is 0 Å². The topological polar surface area (TPSA) is 49.9 Å². The van der Waals surface area contributed by atoms with Gasteiger partial charge in [-0.25, -0.2) is 4.90 Å². The first kappa shape index (κ1) is 23.3. The average Bonchev–Trinajstić information content (AvgIpc) is 3.08. The van der Waals surface area contributed by atoms with Crippen LogP contribution in [0.4, 0.5) is 5.69 Å². The third-order valence-electron chi connectivity index (χ3n) is 5.84. The number of carbonyl (C=O) groups excluding carboxylic acids is 2. The van der Waals surface area contributed by atoms with Crippen molar-refractivity contribution < 1.29 is 14.3 Å². The van der Waals surface area contributed by atoms with Gasteiger partial charge in [-0.3, -0.25) is 9.59 Å². The molecule has 5 heteroatoms. The van der Waals surface area contributed by atoms with Crippen LogP contribution in [0.3, 0.4) is 0 Å². The molecule has 0 spiro atoms. The number of hydrogen-bond donors (Lipinski definition) is 0. The lowest BCUT2D eigenvalue weighted by Gasteiger charge is -2.25. The van der Waals surface area contributed by atoms with E-state index < -0.39 is 0 Å². The van der Waals surface area contributed by atoms with Crippen LogP contribution in [0.1, 0.15) is 37.5 Å². The van der Waals surface area contributed by atoms with Crippen molar-refractivity contribution in [3.63, 3.8) is 0 Å². The van der Waals surface area contributed by atoms with Gasteiger partial charge in [0.15, 0.2) is 0 Å². The Morgan fingerprint density at radius 2 is 1.50 bits per heavy atom. The summed E-state index contributed by atoms with van der Waals surface area (Å²) in [4.78, 5) is 30.9. The van der Waals surface area contributed by atoms with Crippen LogP contribution >= 0.6 is 0 Å². The van der Waals surface area contributed by atoms with Crippen LogP contribution in [0.15, 0.2) is 84.6 Å². The van der Waals surface area contributed by atoms with Gasteiger partial charge in [-0.2, -0.15) is 0 Å². The van der Waals surface area contributed by atoms with E-state index in [4.69, 9.17) is 4.74 Å². The van der Waals surface area contributed by atoms with E-state index in [1.807, 2.05) is 111 Å². The number of rotatable bonds is 8. The highest BCUT2D eigenvalue weighted by atomic mass is 16.5. The molecular weight excluding hydrogens is 424 g/mol. The SMILES string of the molecule is CCN(Cc1ccccc1)C1=C(c2ccc(OC(C)C)cc2)C(=O)N(c2ccccc2C)C1=O. The molecule has 5 nitrogen and oxygen atoms in total. The van der Waals surface area contributed by atoms with Crippen LogP contribution in [0.2, 0.25) is 0 Å². The molecule has 34 heavy (non-hydrogen) atoms. The maximum Gasteiger partial charge on any atom is 0.282 e. The van der Waals surface area contributed by atoms with Gasteiger partial charge < -0.3 is 9.64 Å². The van der Waals surface area contributed by atoms with Gasteiger partial charge in [0.1, 0.15) is 11.4 Å². The summed E-state index contributed by atoms with van der Waals surface area (Å²) in [5.41, 5.74) is 4.11. The first-order valence-electron chi connectivity index (χ1n) is 11.6. The van der Waals surface area contributed by atoms with E-state index in [0.717, 1.165) is 16.9 Å². The molecule has 2 amide bonds. The Hall–Kier alpha value is -3.86. The van der Waals surface area contributed by atoms with E-state index in [2.05, 4.69) is 0 Å². The van der Waals surface area contributed by atoms with Crippen molar-refractivity contribution in [2.75, 3.05) is 11.4 Å². The predicted molar refractivity (Wildman–Crippen MR) is 135 cm³/mol. The minimum atomic E-state index is -0.307. The number of nitrogens with zero attached hydrogens (tertiary/aromatic N) is 2. The maximum atomic E-state index is 13.8. The number of aryl methyl sites for hydroxylation is 1. The molecule has 0 bridgehead atoms. The molecule has 0 aliphatic carbocycles. The molecule has 1 aliphatic heterocycles. The van der Waals surface area contributed by atoms with Gasteiger partial charge in [0.25, 0.3) is 11.8 Å². The molecule has 0 saturated carbocycles. The Bertz CT molecular complexity index is 1210. The number of para-hydroxylation sites is 1. The van der Waals surface area contributed by atoms with Crippen molar-refractivity contribution in [2.45, 2.75) is 40.3 Å². The molecule has 0 radical (unpaired) electrons. The number of imide groups is 1. The third-order valence-corrected chi connectivity index (χ3v) is 5.84. The Morgan fingerprint density at radius 3 is 2.12 bits per heavy atom. The fourth-order valence-electron chi connectivity index (χ4n) is 4.23. The normalized spacial score (nSPS) is 13.7. The van der Waals surface area contributed by atoms with Gasteiger partial charge in [-0.1, -0.05) is 60.7 Å². The highest BCUT2D eigenvalue weighted by Gasteiger charge is 2.42. The fourth-order valence-corrected chi connectivity index (χ4v) is 4.23. The van der Waals surface area contributed by atoms with Crippen molar-refractivity contribution in [1.29, 1.82) is 0 Å². The van der Waals surface area contributed by atoms with E-state index in [0.29, 0.717) is 35.6 Å². The average molecular weight is 455 g/mol. The number of benzene rings is 3. The highest BCUT2D eigenvalue weighted by Crippen LogP contribution is 2.37. The molecule has 0 aromatic heterocycles. The van der Waals surface area contributed by atoms with E-state index >= 15 is 0 Å². The number of anilines is 1. The van der Waals surface area contributed by atoms with Crippen molar-refractivity contribution in [3.8, 4) is 5.75 Å². The highest BCUT2D eigenvalue weighted by molar-refractivity contribution is 6.45. The summed E-state index contributed by atoms with van der Waals surface area (Å²) < 4.78 is 5.77. The number of carbonyl (C=O) groups is 2. The standard InChI is InChI=1S/C29H30N2O3/c1-5-30(19-22-12-7-6-8-13-22)27-26(23-15-17-24(18-16-23)34-20(2)3)28(32)31(29(27)33)25-14-10-9-11-21(25)4/h6-18,20H,5,19H2,1-4H3. The molecule has 1 aliphatic rings. The van der Waals surface area contributed by atoms with E-state index in [-0.39, 0.29) is 17.9 Å². The number of ether oxygens (including phenoxy) is 1. The number of amides is 2. The third kappa shape index (κ3) is 4.60. The van der Waals surface area contributed by atoms with E-state index in [1.54, 1.807) is 0 Å². The molecule has 174 valence electrons. The zero-order valence-corrected chi connectivity index (χ0v) is 20.1. The molecule has 1 heterocycles. The fraction of sp³-hybridized carbons (Fsp3) is 0.241. The van der Waals surface area contributed by atoms with E-state index in [9.17, 15) is 9.59 Å². The molecule has 0 atom stereocenters. The second-order valence-electron chi connectivity index (χ2n) is 8.65. The molecule has 0 unspecified atom stereocenters. The van der Waals surface area contributed by atoms with Crippen LogP contribution in [0.25, 0.3) is 5.57 Å². The smallest absolute Gasteiger partial charge is 0.282 e. The largest absolute Gasteiger partial charge is 0.491 e. The van der Waals surface area contributed by atoms with Gasteiger partial charge in [-0.05, 0) is 62.6 Å². The van der Waals surface area contributed by atoms with Crippen molar-refractivity contribution >= 4 is 23.1 Å². The summed E-state index contributed by atoms with van der Waals surface area (Å²) in [6, 6.07) is 24.9. The quantitative estimate of drug-likeness (QED) is 0.417. The Labute approximate surface area is 201 Å².